The molecule has 1 aromatic carbocycles. The number of hydrogen-bond acceptors (Lipinski definition) is 4. The van der Waals surface area contributed by atoms with Crippen LogP contribution in [0.3, 0.4) is 0 Å². The average molecular weight is 358 g/mol. The molecule has 0 radical (unpaired) electrons. The number of fused-ring (bicyclic) bond motifs is 3. The highest BCUT2D eigenvalue weighted by atomic mass is 16.5. The zero-order valence-corrected chi connectivity index (χ0v) is 16.6. The fourth-order valence-electron chi connectivity index (χ4n) is 4.15. The van der Waals surface area contributed by atoms with Crippen molar-refractivity contribution in [2.24, 2.45) is 17.8 Å². The number of rotatable bonds is 5. The number of methoxy groups -OCH3 is 1. The van der Waals surface area contributed by atoms with Gasteiger partial charge in [0.1, 0.15) is 28.4 Å². The first-order valence-electron chi connectivity index (χ1n) is 9.59. The van der Waals surface area contributed by atoms with Gasteiger partial charge in [0.15, 0.2) is 5.78 Å². The molecule has 1 N–H and O–H groups in total. The third-order valence-electron chi connectivity index (χ3n) is 6.19. The van der Waals surface area contributed by atoms with Gasteiger partial charge >= 0.3 is 0 Å². The number of carbonyl (C=O) groups is 1. The summed E-state index contributed by atoms with van der Waals surface area (Å²) in [4.78, 5) is 12.9. The Balaban J connectivity index is 2.18. The van der Waals surface area contributed by atoms with Crippen molar-refractivity contribution < 1.29 is 19.4 Å². The molecule has 4 atom stereocenters. The zero-order valence-electron chi connectivity index (χ0n) is 16.6. The summed E-state index contributed by atoms with van der Waals surface area (Å²) in [6.07, 6.45) is 6.01. The molecule has 3 rings (SSSR count). The van der Waals surface area contributed by atoms with Crippen LogP contribution in [0, 0.1) is 17.8 Å². The van der Waals surface area contributed by atoms with Crippen LogP contribution in [0.1, 0.15) is 69.3 Å². The van der Waals surface area contributed by atoms with Crippen molar-refractivity contribution in [3.8, 4) is 17.2 Å². The highest BCUT2D eigenvalue weighted by Crippen LogP contribution is 2.57. The number of phenolic OH excluding ortho intramolecular Hbond substituents is 1. The number of Topliss-reactive ketones (excluding diaryl/α,β-unsaturated/α-hetero) is 1. The van der Waals surface area contributed by atoms with Crippen molar-refractivity contribution >= 4 is 5.78 Å². The molecular weight excluding hydrogens is 328 g/mol. The van der Waals surface area contributed by atoms with Gasteiger partial charge in [0.2, 0.25) is 0 Å². The minimum absolute atomic E-state index is 0.0578. The second-order valence-electron chi connectivity index (χ2n) is 8.23. The molecule has 1 aliphatic carbocycles. The van der Waals surface area contributed by atoms with Crippen LogP contribution in [0.2, 0.25) is 0 Å². The Morgan fingerprint density at radius 1 is 1.42 bits per heavy atom. The monoisotopic (exact) mass is 358 g/mol. The molecule has 0 fully saturated rings. The fraction of sp³-hybridized carbons (Fsp3) is 0.591. The molecule has 0 unspecified atom stereocenters. The maximum Gasteiger partial charge on any atom is 0.173 e. The number of benzene rings is 1. The van der Waals surface area contributed by atoms with E-state index in [-0.39, 0.29) is 23.4 Å². The maximum absolute atomic E-state index is 12.9. The van der Waals surface area contributed by atoms with Crippen LogP contribution in [0.4, 0.5) is 0 Å². The van der Waals surface area contributed by atoms with Crippen LogP contribution < -0.4 is 9.47 Å². The Kier molecular flexibility index (Phi) is 4.80. The SMILES string of the molecule is CC[C@H](C)C(=O)c1c(O)cc(OC)c2c1O[C@]1(C)C=C[C@@H](C(C)C)C[C@H]21. The predicted octanol–water partition coefficient (Wildman–Crippen LogP) is 5.10. The van der Waals surface area contributed by atoms with E-state index in [1.807, 2.05) is 13.8 Å². The molecular formula is C22H30O4. The Labute approximate surface area is 156 Å². The van der Waals surface area contributed by atoms with Crippen molar-refractivity contribution in [2.75, 3.05) is 7.11 Å². The average Bonchev–Trinajstić information content (AvgIpc) is 2.91. The van der Waals surface area contributed by atoms with Gasteiger partial charge in [-0.15, -0.1) is 0 Å². The molecule has 1 heterocycles. The number of hydrogen-bond donors (Lipinski definition) is 1. The van der Waals surface area contributed by atoms with Crippen LogP contribution in [-0.2, 0) is 0 Å². The van der Waals surface area contributed by atoms with Gasteiger partial charge < -0.3 is 14.6 Å². The van der Waals surface area contributed by atoms with Crippen LogP contribution in [0.5, 0.6) is 17.2 Å². The van der Waals surface area contributed by atoms with E-state index in [2.05, 4.69) is 32.9 Å². The van der Waals surface area contributed by atoms with Crippen molar-refractivity contribution in [3.63, 3.8) is 0 Å². The van der Waals surface area contributed by atoms with Gasteiger partial charge in [-0.1, -0.05) is 33.8 Å². The smallest absolute Gasteiger partial charge is 0.173 e. The van der Waals surface area contributed by atoms with Crippen LogP contribution in [0.25, 0.3) is 0 Å². The first-order chi connectivity index (χ1) is 12.2. The molecule has 0 saturated heterocycles. The van der Waals surface area contributed by atoms with Gasteiger partial charge in [0.25, 0.3) is 0 Å². The third-order valence-corrected chi connectivity index (χ3v) is 6.19. The summed E-state index contributed by atoms with van der Waals surface area (Å²) in [5, 5.41) is 10.6. The third kappa shape index (κ3) is 2.80. The zero-order chi connectivity index (χ0) is 19.2. The summed E-state index contributed by atoms with van der Waals surface area (Å²) in [5.41, 5.74) is 0.717. The molecule has 26 heavy (non-hydrogen) atoms. The minimum Gasteiger partial charge on any atom is -0.507 e. The van der Waals surface area contributed by atoms with E-state index in [1.165, 1.54) is 0 Å². The van der Waals surface area contributed by atoms with Crippen LogP contribution in [-0.4, -0.2) is 23.6 Å². The number of ketones is 1. The lowest BCUT2D eigenvalue weighted by molar-refractivity contribution is 0.0905. The Morgan fingerprint density at radius 2 is 2.12 bits per heavy atom. The predicted molar refractivity (Wildman–Crippen MR) is 102 cm³/mol. The number of aromatic hydroxyl groups is 1. The number of phenols is 1. The summed E-state index contributed by atoms with van der Waals surface area (Å²) < 4.78 is 11.9. The molecule has 1 aliphatic heterocycles. The van der Waals surface area contributed by atoms with Crippen molar-refractivity contribution in [3.05, 3.63) is 29.3 Å². The van der Waals surface area contributed by atoms with Crippen molar-refractivity contribution in [1.29, 1.82) is 0 Å². The van der Waals surface area contributed by atoms with E-state index < -0.39 is 5.60 Å². The van der Waals surface area contributed by atoms with E-state index in [0.717, 1.165) is 18.4 Å². The lowest BCUT2D eigenvalue weighted by Crippen LogP contribution is -2.36. The summed E-state index contributed by atoms with van der Waals surface area (Å²) in [5.74, 6) is 1.90. The molecule has 0 aromatic heterocycles. The van der Waals surface area contributed by atoms with Gasteiger partial charge in [0.05, 0.1) is 7.11 Å². The summed E-state index contributed by atoms with van der Waals surface area (Å²) in [6, 6.07) is 1.58. The van der Waals surface area contributed by atoms with Gasteiger partial charge in [-0.05, 0) is 37.7 Å². The Morgan fingerprint density at radius 3 is 2.69 bits per heavy atom. The number of ether oxygens (including phenoxy) is 2. The molecule has 0 spiro atoms. The molecule has 0 saturated carbocycles. The molecule has 2 aliphatic rings. The van der Waals surface area contributed by atoms with Gasteiger partial charge in [-0.25, -0.2) is 0 Å². The topological polar surface area (TPSA) is 55.8 Å². The Bertz CT molecular complexity index is 749. The highest BCUT2D eigenvalue weighted by Gasteiger charge is 2.50. The standard InChI is InChI=1S/C22H30O4/c1-7-13(4)20(24)19-16(23)11-17(25-6)18-15-10-14(12(2)3)8-9-22(15,5)26-21(18)19/h8-9,11-15,23H,7,10H2,1-6H3/t13-,14+,15+,22+/m0/s1. The number of carbonyl (C=O) groups excluding carboxylic acids is 1. The molecule has 4 nitrogen and oxygen atoms in total. The largest absolute Gasteiger partial charge is 0.507 e. The number of allylic oxidation sites excluding steroid dienone is 1. The van der Waals surface area contributed by atoms with E-state index in [1.54, 1.807) is 13.2 Å². The maximum atomic E-state index is 12.9. The molecule has 0 bridgehead atoms. The van der Waals surface area contributed by atoms with E-state index in [4.69, 9.17) is 9.47 Å². The van der Waals surface area contributed by atoms with Gasteiger partial charge in [-0.3, -0.25) is 4.79 Å². The molecule has 142 valence electrons. The second kappa shape index (κ2) is 6.64. The van der Waals surface area contributed by atoms with E-state index in [9.17, 15) is 9.90 Å². The van der Waals surface area contributed by atoms with Crippen molar-refractivity contribution in [2.45, 2.75) is 59.0 Å². The summed E-state index contributed by atoms with van der Waals surface area (Å²) in [6.45, 7) is 10.4. The highest BCUT2D eigenvalue weighted by molar-refractivity contribution is 6.03. The summed E-state index contributed by atoms with van der Waals surface area (Å²) >= 11 is 0. The molecule has 0 amide bonds. The van der Waals surface area contributed by atoms with E-state index >= 15 is 0 Å². The quantitative estimate of drug-likeness (QED) is 0.588. The normalized spacial score (nSPS) is 27.7. The molecule has 1 aromatic rings. The minimum atomic E-state index is -0.515. The lowest BCUT2D eigenvalue weighted by atomic mass is 9.71. The Hall–Kier alpha value is -1.97. The molecule has 4 heteroatoms. The first-order valence-corrected chi connectivity index (χ1v) is 9.59. The van der Waals surface area contributed by atoms with Crippen molar-refractivity contribution in [1.82, 2.24) is 0 Å². The lowest BCUT2D eigenvalue weighted by Gasteiger charge is -2.35. The fourth-order valence-corrected chi connectivity index (χ4v) is 4.15. The van der Waals surface area contributed by atoms with E-state index in [0.29, 0.717) is 28.9 Å². The van der Waals surface area contributed by atoms with Crippen LogP contribution in [0.15, 0.2) is 18.2 Å². The first kappa shape index (κ1) is 18.8. The van der Waals surface area contributed by atoms with Gasteiger partial charge in [0, 0.05) is 23.5 Å². The van der Waals surface area contributed by atoms with Crippen LogP contribution >= 0.6 is 0 Å². The summed E-state index contributed by atoms with van der Waals surface area (Å²) in [7, 11) is 1.60. The second-order valence-corrected chi connectivity index (χ2v) is 8.23. The van der Waals surface area contributed by atoms with Gasteiger partial charge in [-0.2, -0.15) is 0 Å².